The Morgan fingerprint density at radius 2 is 1.57 bits per heavy atom. The van der Waals surface area contributed by atoms with Crippen molar-refractivity contribution < 1.29 is 31.4 Å². The minimum atomic E-state index is -4.64. The molecular formula is C14H8F6O. The lowest BCUT2D eigenvalue weighted by molar-refractivity contribution is -0.137. The van der Waals surface area contributed by atoms with Crippen LogP contribution in [0.4, 0.5) is 26.3 Å². The maximum Gasteiger partial charge on any atom is 0.416 e. The first-order valence-electron chi connectivity index (χ1n) is 5.70. The van der Waals surface area contributed by atoms with Gasteiger partial charge in [0.15, 0.2) is 17.5 Å². The molecule has 0 aliphatic heterocycles. The molecule has 0 radical (unpaired) electrons. The van der Waals surface area contributed by atoms with Crippen molar-refractivity contribution in [2.75, 3.05) is 0 Å². The summed E-state index contributed by atoms with van der Waals surface area (Å²) in [5.41, 5.74) is -1.97. The summed E-state index contributed by atoms with van der Waals surface area (Å²) in [6.07, 6.45) is -6.48. The van der Waals surface area contributed by atoms with E-state index in [4.69, 9.17) is 0 Å². The molecule has 0 aliphatic rings. The molecule has 1 nitrogen and oxygen atoms in total. The summed E-state index contributed by atoms with van der Waals surface area (Å²) in [5.74, 6) is -4.88. The Bertz CT molecular complexity index is 665. The number of alkyl halides is 3. The lowest BCUT2D eigenvalue weighted by Crippen LogP contribution is -2.09. The molecule has 0 fully saturated rings. The van der Waals surface area contributed by atoms with Crippen LogP contribution in [0.1, 0.15) is 22.8 Å². The zero-order chi connectivity index (χ0) is 15.8. The number of halogens is 6. The molecule has 21 heavy (non-hydrogen) atoms. The van der Waals surface area contributed by atoms with Crippen molar-refractivity contribution in [2.45, 2.75) is 12.3 Å². The van der Waals surface area contributed by atoms with Crippen molar-refractivity contribution in [3.05, 3.63) is 70.5 Å². The van der Waals surface area contributed by atoms with Gasteiger partial charge in [0.25, 0.3) is 0 Å². The quantitative estimate of drug-likeness (QED) is 0.651. The predicted octanol–water partition coefficient (Wildman–Crippen LogP) is 4.20. The highest BCUT2D eigenvalue weighted by Gasteiger charge is 2.31. The Balaban J connectivity index is 2.46. The van der Waals surface area contributed by atoms with E-state index in [1.807, 2.05) is 0 Å². The van der Waals surface area contributed by atoms with Gasteiger partial charge >= 0.3 is 6.18 Å². The van der Waals surface area contributed by atoms with Crippen LogP contribution in [0.5, 0.6) is 0 Å². The molecule has 1 atom stereocenters. The molecule has 2 aromatic carbocycles. The molecule has 0 aliphatic carbocycles. The van der Waals surface area contributed by atoms with Crippen LogP contribution in [-0.2, 0) is 6.18 Å². The van der Waals surface area contributed by atoms with Crippen LogP contribution in [0.3, 0.4) is 0 Å². The molecule has 1 unspecified atom stereocenters. The van der Waals surface area contributed by atoms with Crippen LogP contribution in [0.25, 0.3) is 0 Å². The van der Waals surface area contributed by atoms with Crippen LogP contribution in [0.15, 0.2) is 36.4 Å². The first-order chi connectivity index (χ1) is 9.71. The molecule has 0 heterocycles. The lowest BCUT2D eigenvalue weighted by atomic mass is 9.99. The van der Waals surface area contributed by atoms with E-state index in [-0.39, 0.29) is 5.56 Å². The summed E-state index contributed by atoms with van der Waals surface area (Å²) >= 11 is 0. The number of benzene rings is 2. The summed E-state index contributed by atoms with van der Waals surface area (Å²) in [6.45, 7) is 0. The molecular weight excluding hydrogens is 298 g/mol. The third-order valence-corrected chi connectivity index (χ3v) is 2.89. The van der Waals surface area contributed by atoms with E-state index in [1.54, 1.807) is 0 Å². The topological polar surface area (TPSA) is 20.2 Å². The predicted molar refractivity (Wildman–Crippen MR) is 61.8 cm³/mol. The number of hydrogen-bond donors (Lipinski definition) is 1. The van der Waals surface area contributed by atoms with Gasteiger partial charge in [-0.15, -0.1) is 0 Å². The maximum absolute atomic E-state index is 13.5. The average Bonchev–Trinajstić information content (AvgIpc) is 2.43. The van der Waals surface area contributed by atoms with E-state index in [0.29, 0.717) is 12.1 Å². The third kappa shape index (κ3) is 3.02. The highest BCUT2D eigenvalue weighted by atomic mass is 19.4. The summed E-state index contributed by atoms with van der Waals surface area (Å²) in [4.78, 5) is 0. The van der Waals surface area contributed by atoms with Gasteiger partial charge in [-0.25, -0.2) is 13.2 Å². The van der Waals surface area contributed by atoms with E-state index in [0.717, 1.165) is 24.3 Å². The van der Waals surface area contributed by atoms with Crippen LogP contribution >= 0.6 is 0 Å². The van der Waals surface area contributed by atoms with Gasteiger partial charge in [0.05, 0.1) is 5.56 Å². The van der Waals surface area contributed by atoms with Gasteiger partial charge in [0, 0.05) is 5.56 Å². The van der Waals surface area contributed by atoms with E-state index < -0.39 is 40.9 Å². The summed E-state index contributed by atoms with van der Waals surface area (Å²) in [5, 5.41) is 9.88. The van der Waals surface area contributed by atoms with Gasteiger partial charge in [0.2, 0.25) is 0 Å². The van der Waals surface area contributed by atoms with Crippen molar-refractivity contribution in [3.63, 3.8) is 0 Å². The largest absolute Gasteiger partial charge is 0.416 e. The Morgan fingerprint density at radius 3 is 2.19 bits per heavy atom. The summed E-state index contributed by atoms with van der Waals surface area (Å²) in [6, 6.07) is 4.91. The zero-order valence-corrected chi connectivity index (χ0v) is 10.3. The van der Waals surface area contributed by atoms with E-state index in [2.05, 4.69) is 0 Å². The average molecular weight is 306 g/mol. The van der Waals surface area contributed by atoms with Gasteiger partial charge in [-0.2, -0.15) is 13.2 Å². The highest BCUT2D eigenvalue weighted by Crippen LogP contribution is 2.33. The van der Waals surface area contributed by atoms with E-state index >= 15 is 0 Å². The molecule has 0 bridgehead atoms. The van der Waals surface area contributed by atoms with Crippen molar-refractivity contribution in [1.82, 2.24) is 0 Å². The minimum Gasteiger partial charge on any atom is -0.384 e. The second-order valence-electron chi connectivity index (χ2n) is 4.29. The van der Waals surface area contributed by atoms with Gasteiger partial charge < -0.3 is 5.11 Å². The van der Waals surface area contributed by atoms with Crippen molar-refractivity contribution >= 4 is 0 Å². The van der Waals surface area contributed by atoms with Crippen molar-refractivity contribution in [2.24, 2.45) is 0 Å². The summed E-state index contributed by atoms with van der Waals surface area (Å²) in [7, 11) is 0. The first kappa shape index (κ1) is 15.4. The van der Waals surface area contributed by atoms with Crippen LogP contribution in [0, 0.1) is 17.5 Å². The Kier molecular flexibility index (Phi) is 3.95. The standard InChI is InChI=1S/C14H8F6O/c15-10-5-4-9(11(16)12(10)17)13(21)7-2-1-3-8(6-7)14(18,19)20/h1-6,13,21H. The molecule has 0 spiro atoms. The van der Waals surface area contributed by atoms with Crippen LogP contribution in [-0.4, -0.2) is 5.11 Å². The Labute approximate surface area is 115 Å². The van der Waals surface area contributed by atoms with Gasteiger partial charge in [-0.3, -0.25) is 0 Å². The molecule has 112 valence electrons. The molecule has 1 N–H and O–H groups in total. The normalized spacial score (nSPS) is 13.3. The second-order valence-corrected chi connectivity index (χ2v) is 4.29. The molecule has 7 heteroatoms. The zero-order valence-electron chi connectivity index (χ0n) is 10.3. The van der Waals surface area contributed by atoms with Crippen molar-refractivity contribution in [3.8, 4) is 0 Å². The fourth-order valence-corrected chi connectivity index (χ4v) is 1.82. The first-order valence-corrected chi connectivity index (χ1v) is 5.70. The number of rotatable bonds is 2. The van der Waals surface area contributed by atoms with Gasteiger partial charge in [0.1, 0.15) is 6.10 Å². The number of aliphatic hydroxyl groups is 1. The molecule has 2 rings (SSSR count). The van der Waals surface area contributed by atoms with Crippen LogP contribution < -0.4 is 0 Å². The minimum absolute atomic E-state index is 0.283. The molecule has 0 saturated heterocycles. The Morgan fingerprint density at radius 1 is 0.905 bits per heavy atom. The Hall–Kier alpha value is -2.02. The fourth-order valence-electron chi connectivity index (χ4n) is 1.82. The second kappa shape index (κ2) is 5.40. The lowest BCUT2D eigenvalue weighted by Gasteiger charge is -2.15. The number of aliphatic hydroxyl groups excluding tert-OH is 1. The smallest absolute Gasteiger partial charge is 0.384 e. The molecule has 2 aromatic rings. The van der Waals surface area contributed by atoms with Crippen molar-refractivity contribution in [1.29, 1.82) is 0 Å². The fraction of sp³-hybridized carbons (Fsp3) is 0.143. The molecule has 0 aromatic heterocycles. The van der Waals surface area contributed by atoms with E-state index in [1.165, 1.54) is 0 Å². The van der Waals surface area contributed by atoms with Crippen LogP contribution in [0.2, 0.25) is 0 Å². The molecule has 0 saturated carbocycles. The summed E-state index contributed by atoms with van der Waals surface area (Å²) < 4.78 is 77.1. The highest BCUT2D eigenvalue weighted by molar-refractivity contribution is 5.34. The molecule has 0 amide bonds. The SMILES string of the molecule is OC(c1cccc(C(F)(F)F)c1)c1ccc(F)c(F)c1F. The van der Waals surface area contributed by atoms with Gasteiger partial charge in [-0.05, 0) is 23.8 Å². The number of hydrogen-bond acceptors (Lipinski definition) is 1. The monoisotopic (exact) mass is 306 g/mol. The third-order valence-electron chi connectivity index (χ3n) is 2.89. The maximum atomic E-state index is 13.5. The van der Waals surface area contributed by atoms with E-state index in [9.17, 15) is 31.4 Å². The van der Waals surface area contributed by atoms with Gasteiger partial charge in [-0.1, -0.05) is 18.2 Å².